The first-order valence-corrected chi connectivity index (χ1v) is 7.42. The van der Waals surface area contributed by atoms with E-state index in [4.69, 9.17) is 11.0 Å². The Balaban J connectivity index is 2.98. The van der Waals surface area contributed by atoms with Crippen LogP contribution in [0.5, 0.6) is 0 Å². The summed E-state index contributed by atoms with van der Waals surface area (Å²) in [5.74, 6) is 0.554. The van der Waals surface area contributed by atoms with E-state index < -0.39 is 0 Å². The molecule has 4 heteroatoms. The van der Waals surface area contributed by atoms with Crippen LogP contribution in [0.4, 0.5) is 5.69 Å². The van der Waals surface area contributed by atoms with Crippen LogP contribution in [0.1, 0.15) is 38.8 Å². The molecule has 0 aliphatic heterocycles. The van der Waals surface area contributed by atoms with Gasteiger partial charge in [-0.15, -0.1) is 0 Å². The van der Waals surface area contributed by atoms with E-state index in [1.165, 1.54) is 0 Å². The van der Waals surface area contributed by atoms with Gasteiger partial charge in [0.2, 0.25) is 0 Å². The molecule has 1 aromatic rings. The van der Waals surface area contributed by atoms with Gasteiger partial charge in [0.25, 0.3) is 0 Å². The van der Waals surface area contributed by atoms with E-state index in [2.05, 4.69) is 58.9 Å². The maximum Gasteiger partial charge on any atom is 0.0640 e. The molecule has 19 heavy (non-hydrogen) atoms. The van der Waals surface area contributed by atoms with Crippen molar-refractivity contribution in [2.24, 2.45) is 11.7 Å². The SMILES string of the molecule is CC(C)CN(CCC#N)c1ccc(C(C)N)cc1Br. The first kappa shape index (κ1) is 16.0. The number of nitrogens with two attached hydrogens (primary N) is 1. The Morgan fingerprint density at radius 2 is 2.05 bits per heavy atom. The quantitative estimate of drug-likeness (QED) is 0.865. The highest BCUT2D eigenvalue weighted by molar-refractivity contribution is 9.10. The molecule has 104 valence electrons. The molecule has 1 unspecified atom stereocenters. The van der Waals surface area contributed by atoms with Crippen molar-refractivity contribution in [2.45, 2.75) is 33.2 Å². The van der Waals surface area contributed by atoms with Crippen molar-refractivity contribution in [2.75, 3.05) is 18.0 Å². The van der Waals surface area contributed by atoms with E-state index in [0.717, 1.165) is 28.8 Å². The van der Waals surface area contributed by atoms with E-state index in [0.29, 0.717) is 12.3 Å². The summed E-state index contributed by atoms with van der Waals surface area (Å²) >= 11 is 3.62. The molecular formula is C15H22BrN3. The second kappa shape index (κ2) is 7.52. The third kappa shape index (κ3) is 4.85. The van der Waals surface area contributed by atoms with Crippen molar-refractivity contribution >= 4 is 21.6 Å². The largest absolute Gasteiger partial charge is 0.369 e. The van der Waals surface area contributed by atoms with Gasteiger partial charge in [-0.3, -0.25) is 0 Å². The van der Waals surface area contributed by atoms with Gasteiger partial charge in [-0.05, 0) is 46.5 Å². The van der Waals surface area contributed by atoms with E-state index in [-0.39, 0.29) is 6.04 Å². The molecule has 0 spiro atoms. The summed E-state index contributed by atoms with van der Waals surface area (Å²) in [6, 6.07) is 8.46. The predicted octanol–water partition coefficient (Wildman–Crippen LogP) is 3.84. The van der Waals surface area contributed by atoms with E-state index in [9.17, 15) is 0 Å². The highest BCUT2D eigenvalue weighted by Gasteiger charge is 2.13. The van der Waals surface area contributed by atoms with Gasteiger partial charge in [-0.2, -0.15) is 5.26 Å². The van der Waals surface area contributed by atoms with E-state index in [1.54, 1.807) is 0 Å². The van der Waals surface area contributed by atoms with Crippen molar-refractivity contribution in [3.05, 3.63) is 28.2 Å². The zero-order valence-corrected chi connectivity index (χ0v) is 13.4. The summed E-state index contributed by atoms with van der Waals surface area (Å²) in [6.07, 6.45) is 0.536. The molecule has 0 radical (unpaired) electrons. The number of hydrogen-bond donors (Lipinski definition) is 1. The molecule has 0 saturated heterocycles. The highest BCUT2D eigenvalue weighted by atomic mass is 79.9. The van der Waals surface area contributed by atoms with Crippen molar-refractivity contribution in [3.63, 3.8) is 0 Å². The van der Waals surface area contributed by atoms with Crippen molar-refractivity contribution in [3.8, 4) is 6.07 Å². The molecule has 1 rings (SSSR count). The summed E-state index contributed by atoms with van der Waals surface area (Å²) in [4.78, 5) is 2.25. The summed E-state index contributed by atoms with van der Waals surface area (Å²) in [5.41, 5.74) is 8.14. The smallest absolute Gasteiger partial charge is 0.0640 e. The third-order valence-corrected chi connectivity index (χ3v) is 3.55. The molecule has 0 aliphatic carbocycles. The molecule has 0 amide bonds. The van der Waals surface area contributed by atoms with Gasteiger partial charge in [0, 0.05) is 23.6 Å². The molecule has 0 saturated carbocycles. The second-order valence-corrected chi connectivity index (χ2v) is 6.10. The monoisotopic (exact) mass is 323 g/mol. The average molecular weight is 324 g/mol. The lowest BCUT2D eigenvalue weighted by Gasteiger charge is -2.27. The van der Waals surface area contributed by atoms with Gasteiger partial charge in [-0.1, -0.05) is 19.9 Å². The minimum absolute atomic E-state index is 0.0306. The summed E-state index contributed by atoms with van der Waals surface area (Å²) in [7, 11) is 0. The number of hydrogen-bond acceptors (Lipinski definition) is 3. The molecule has 3 nitrogen and oxygen atoms in total. The fourth-order valence-electron chi connectivity index (χ4n) is 2.00. The van der Waals surface area contributed by atoms with Crippen molar-refractivity contribution in [1.29, 1.82) is 5.26 Å². The fourth-order valence-corrected chi connectivity index (χ4v) is 2.65. The van der Waals surface area contributed by atoms with E-state index >= 15 is 0 Å². The summed E-state index contributed by atoms with van der Waals surface area (Å²) in [6.45, 7) is 8.04. The number of benzene rings is 1. The van der Waals surface area contributed by atoms with Crippen LogP contribution in [-0.4, -0.2) is 13.1 Å². The zero-order valence-electron chi connectivity index (χ0n) is 11.9. The van der Waals surface area contributed by atoms with Gasteiger partial charge in [-0.25, -0.2) is 0 Å². The summed E-state index contributed by atoms with van der Waals surface area (Å²) in [5, 5.41) is 8.78. The molecule has 2 N–H and O–H groups in total. The van der Waals surface area contributed by atoms with E-state index in [1.807, 2.05) is 6.92 Å². The van der Waals surface area contributed by atoms with Crippen molar-refractivity contribution < 1.29 is 0 Å². The molecular weight excluding hydrogens is 302 g/mol. The Hall–Kier alpha value is -1.05. The van der Waals surface area contributed by atoms with Gasteiger partial charge in [0.05, 0.1) is 18.2 Å². The third-order valence-electron chi connectivity index (χ3n) is 2.92. The maximum atomic E-state index is 8.78. The van der Waals surface area contributed by atoms with Crippen LogP contribution in [0, 0.1) is 17.2 Å². The Kier molecular flexibility index (Phi) is 6.33. The molecule has 0 heterocycles. The Morgan fingerprint density at radius 3 is 2.53 bits per heavy atom. The van der Waals surface area contributed by atoms with Crippen LogP contribution in [0.2, 0.25) is 0 Å². The van der Waals surface area contributed by atoms with Gasteiger partial charge in [0.1, 0.15) is 0 Å². The van der Waals surface area contributed by atoms with Crippen LogP contribution in [0.3, 0.4) is 0 Å². The number of halogens is 1. The molecule has 0 aliphatic rings. The Bertz CT molecular complexity index is 449. The van der Waals surface area contributed by atoms with Crippen molar-refractivity contribution in [1.82, 2.24) is 0 Å². The lowest BCUT2D eigenvalue weighted by Crippen LogP contribution is -2.29. The predicted molar refractivity (Wildman–Crippen MR) is 84.0 cm³/mol. The van der Waals surface area contributed by atoms with Crippen LogP contribution in [0.15, 0.2) is 22.7 Å². The zero-order chi connectivity index (χ0) is 14.4. The summed E-state index contributed by atoms with van der Waals surface area (Å²) < 4.78 is 1.04. The number of nitriles is 1. The van der Waals surface area contributed by atoms with Crippen LogP contribution in [-0.2, 0) is 0 Å². The van der Waals surface area contributed by atoms with Gasteiger partial charge in [0.15, 0.2) is 0 Å². The molecule has 1 aromatic carbocycles. The number of anilines is 1. The molecule has 0 bridgehead atoms. The molecule has 0 fully saturated rings. The fraction of sp³-hybridized carbons (Fsp3) is 0.533. The highest BCUT2D eigenvalue weighted by Crippen LogP contribution is 2.29. The maximum absolute atomic E-state index is 8.78. The lowest BCUT2D eigenvalue weighted by molar-refractivity contribution is 0.611. The topological polar surface area (TPSA) is 53.0 Å². The molecule has 1 atom stereocenters. The standard InChI is InChI=1S/C15H22BrN3/c1-11(2)10-19(8-4-7-17)15-6-5-13(12(3)18)9-14(15)16/h5-6,9,11-12H,4,8,10,18H2,1-3H3. The number of rotatable bonds is 6. The Morgan fingerprint density at radius 1 is 1.37 bits per heavy atom. The number of nitrogens with zero attached hydrogens (tertiary/aromatic N) is 2. The first-order chi connectivity index (χ1) is 8.95. The minimum Gasteiger partial charge on any atom is -0.369 e. The van der Waals surface area contributed by atoms with Crippen LogP contribution in [0.25, 0.3) is 0 Å². The second-order valence-electron chi connectivity index (χ2n) is 5.25. The Labute approximate surface area is 124 Å². The van der Waals surface area contributed by atoms with Gasteiger partial charge >= 0.3 is 0 Å². The minimum atomic E-state index is 0.0306. The van der Waals surface area contributed by atoms with Gasteiger partial charge < -0.3 is 10.6 Å². The first-order valence-electron chi connectivity index (χ1n) is 6.62. The van der Waals surface area contributed by atoms with Crippen LogP contribution >= 0.6 is 15.9 Å². The lowest BCUT2D eigenvalue weighted by atomic mass is 10.1. The van der Waals surface area contributed by atoms with Crippen LogP contribution < -0.4 is 10.6 Å². The normalized spacial score (nSPS) is 12.3. The molecule has 0 aromatic heterocycles. The average Bonchev–Trinajstić information content (AvgIpc) is 2.34.